The Morgan fingerprint density at radius 3 is 1.85 bits per heavy atom. The van der Waals surface area contributed by atoms with Crippen molar-refractivity contribution >= 4 is 37.8 Å². The van der Waals surface area contributed by atoms with E-state index in [1.807, 2.05) is 76.2 Å². The fourth-order valence-corrected chi connectivity index (χ4v) is 3.27. The first-order valence-electron chi connectivity index (χ1n) is 8.29. The number of halogens is 2. The third-order valence-corrected chi connectivity index (χ3v) is 5.04. The van der Waals surface area contributed by atoms with E-state index in [0.29, 0.717) is 0 Å². The molecule has 0 aliphatic heterocycles. The normalized spacial score (nSPS) is 10.2. The van der Waals surface area contributed by atoms with Crippen LogP contribution in [0.5, 0.6) is 0 Å². The zero-order valence-electron chi connectivity index (χ0n) is 15.1. The standard InChI is InChI=1S/C18H14Br2N2O2.C2H6/c1-11-12(2)22(16-9-5-14(20)6-10-16)17(18(23)24)21(11)15-7-3-13(19)4-8-15;1-2/h3-10H,1-2H3;1-2H3/p+1. The van der Waals surface area contributed by atoms with Gasteiger partial charge in [0.15, 0.2) is 0 Å². The number of hydrogen-bond donors (Lipinski definition) is 1. The van der Waals surface area contributed by atoms with Gasteiger partial charge in [0.25, 0.3) is 0 Å². The fourth-order valence-electron chi connectivity index (χ4n) is 2.74. The van der Waals surface area contributed by atoms with Crippen LogP contribution in [0.25, 0.3) is 11.4 Å². The summed E-state index contributed by atoms with van der Waals surface area (Å²) >= 11 is 6.82. The van der Waals surface area contributed by atoms with Crippen molar-refractivity contribution in [2.45, 2.75) is 27.7 Å². The third kappa shape index (κ3) is 3.91. The quantitative estimate of drug-likeness (QED) is 0.494. The lowest BCUT2D eigenvalue weighted by Gasteiger charge is -2.03. The van der Waals surface area contributed by atoms with Gasteiger partial charge in [0, 0.05) is 22.8 Å². The van der Waals surface area contributed by atoms with Gasteiger partial charge >= 0.3 is 11.8 Å². The highest BCUT2D eigenvalue weighted by atomic mass is 79.9. The van der Waals surface area contributed by atoms with E-state index < -0.39 is 5.97 Å². The van der Waals surface area contributed by atoms with Gasteiger partial charge in [-0.3, -0.25) is 0 Å². The van der Waals surface area contributed by atoms with Crippen molar-refractivity contribution in [2.75, 3.05) is 0 Å². The predicted molar refractivity (Wildman–Crippen MR) is 110 cm³/mol. The van der Waals surface area contributed by atoms with Crippen molar-refractivity contribution in [1.29, 1.82) is 0 Å². The van der Waals surface area contributed by atoms with Gasteiger partial charge in [-0.15, -0.1) is 0 Å². The van der Waals surface area contributed by atoms with Crippen molar-refractivity contribution in [3.8, 4) is 11.4 Å². The number of benzene rings is 2. The third-order valence-electron chi connectivity index (χ3n) is 3.98. The van der Waals surface area contributed by atoms with Gasteiger partial charge in [-0.1, -0.05) is 45.7 Å². The molecule has 2 aromatic carbocycles. The molecule has 1 heterocycles. The van der Waals surface area contributed by atoms with Gasteiger partial charge in [0.05, 0.1) is 0 Å². The van der Waals surface area contributed by atoms with E-state index in [-0.39, 0.29) is 5.82 Å². The van der Waals surface area contributed by atoms with Crippen molar-refractivity contribution in [2.24, 2.45) is 0 Å². The number of carboxylic acid groups (broad SMARTS) is 1. The van der Waals surface area contributed by atoms with Gasteiger partial charge in [-0.25, -0.2) is 4.79 Å². The Kier molecular flexibility index (Phi) is 6.78. The second kappa shape index (κ2) is 8.64. The number of imidazole rings is 1. The van der Waals surface area contributed by atoms with Crippen LogP contribution < -0.4 is 4.57 Å². The monoisotopic (exact) mass is 479 g/mol. The van der Waals surface area contributed by atoms with E-state index >= 15 is 0 Å². The Morgan fingerprint density at radius 1 is 0.923 bits per heavy atom. The SMILES string of the molecule is CC.Cc1c(C)[n+](-c2ccc(Br)cc2)c(C(=O)O)n1-c1ccc(Br)cc1. The highest BCUT2D eigenvalue weighted by molar-refractivity contribution is 9.10. The highest BCUT2D eigenvalue weighted by Crippen LogP contribution is 2.21. The summed E-state index contributed by atoms with van der Waals surface area (Å²) in [6, 6.07) is 15.2. The van der Waals surface area contributed by atoms with Gasteiger partial charge < -0.3 is 5.11 Å². The Bertz CT molecular complexity index is 845. The van der Waals surface area contributed by atoms with Gasteiger partial charge in [0.2, 0.25) is 0 Å². The molecule has 0 aliphatic rings. The molecule has 26 heavy (non-hydrogen) atoms. The van der Waals surface area contributed by atoms with Gasteiger partial charge in [-0.2, -0.15) is 9.13 Å². The molecule has 6 heteroatoms. The molecule has 0 radical (unpaired) electrons. The molecule has 136 valence electrons. The van der Waals surface area contributed by atoms with E-state index in [9.17, 15) is 9.90 Å². The molecule has 0 aliphatic carbocycles. The summed E-state index contributed by atoms with van der Waals surface area (Å²) in [5, 5.41) is 9.86. The molecule has 1 N–H and O–H groups in total. The lowest BCUT2D eigenvalue weighted by molar-refractivity contribution is -0.604. The Labute approximate surface area is 170 Å². The Hall–Kier alpha value is -1.92. The summed E-state index contributed by atoms with van der Waals surface area (Å²) in [5.41, 5.74) is 3.40. The molecule has 0 fully saturated rings. The molecule has 0 saturated carbocycles. The molecule has 0 saturated heterocycles. The van der Waals surface area contributed by atoms with Crippen molar-refractivity contribution in [3.05, 3.63) is 74.7 Å². The van der Waals surface area contributed by atoms with Gasteiger partial charge in [0.1, 0.15) is 22.8 Å². The molecule has 0 amide bonds. The van der Waals surface area contributed by atoms with Crippen molar-refractivity contribution in [1.82, 2.24) is 4.57 Å². The van der Waals surface area contributed by atoms with Crippen LogP contribution in [-0.4, -0.2) is 15.6 Å². The summed E-state index contributed by atoms with van der Waals surface area (Å²) in [6.45, 7) is 7.86. The zero-order valence-corrected chi connectivity index (χ0v) is 18.3. The van der Waals surface area contributed by atoms with Crippen LogP contribution in [0.3, 0.4) is 0 Å². The summed E-state index contributed by atoms with van der Waals surface area (Å²) < 4.78 is 5.44. The zero-order chi connectivity index (χ0) is 19.4. The van der Waals surface area contributed by atoms with Crippen LogP contribution in [0.2, 0.25) is 0 Å². The maximum absolute atomic E-state index is 12.0. The van der Waals surface area contributed by atoms with Crippen LogP contribution in [0.1, 0.15) is 35.9 Å². The molecular formula is C20H21Br2N2O2+. The lowest BCUT2D eigenvalue weighted by Crippen LogP contribution is -2.39. The average Bonchev–Trinajstić information content (AvgIpc) is 2.90. The summed E-state index contributed by atoms with van der Waals surface area (Å²) in [6.07, 6.45) is 0. The van der Waals surface area contributed by atoms with Crippen LogP contribution in [0.15, 0.2) is 57.5 Å². The molecule has 3 aromatic rings. The van der Waals surface area contributed by atoms with E-state index in [1.165, 1.54) is 0 Å². The minimum absolute atomic E-state index is 0.203. The maximum Gasteiger partial charge on any atom is 0.420 e. The topological polar surface area (TPSA) is 46.1 Å². The number of aromatic carboxylic acids is 1. The second-order valence-electron chi connectivity index (χ2n) is 5.42. The first-order chi connectivity index (χ1) is 12.4. The molecule has 0 bridgehead atoms. The first kappa shape index (κ1) is 20.4. The number of hydrogen-bond acceptors (Lipinski definition) is 1. The van der Waals surface area contributed by atoms with E-state index in [2.05, 4.69) is 31.9 Å². The average molecular weight is 481 g/mol. The van der Waals surface area contributed by atoms with Crippen molar-refractivity contribution < 1.29 is 14.5 Å². The van der Waals surface area contributed by atoms with Crippen LogP contribution in [-0.2, 0) is 0 Å². The van der Waals surface area contributed by atoms with Crippen molar-refractivity contribution in [3.63, 3.8) is 0 Å². The minimum atomic E-state index is -0.975. The number of carbonyl (C=O) groups is 1. The van der Waals surface area contributed by atoms with E-state index in [4.69, 9.17) is 0 Å². The van der Waals surface area contributed by atoms with E-state index in [1.54, 1.807) is 9.13 Å². The molecular weight excluding hydrogens is 460 g/mol. The summed E-state index contributed by atoms with van der Waals surface area (Å²) in [5.74, 6) is -0.772. The molecule has 3 rings (SSSR count). The lowest BCUT2D eigenvalue weighted by atomic mass is 10.3. The van der Waals surface area contributed by atoms with Crippen LogP contribution >= 0.6 is 31.9 Å². The molecule has 4 nitrogen and oxygen atoms in total. The number of nitrogens with zero attached hydrogens (tertiary/aromatic N) is 2. The predicted octanol–water partition coefficient (Wildman–Crippen LogP) is 5.62. The first-order valence-corrected chi connectivity index (χ1v) is 9.88. The van der Waals surface area contributed by atoms with Gasteiger partial charge in [-0.05, 0) is 48.5 Å². The second-order valence-corrected chi connectivity index (χ2v) is 7.25. The van der Waals surface area contributed by atoms with Crippen LogP contribution in [0.4, 0.5) is 0 Å². The number of aromatic nitrogens is 2. The Balaban J connectivity index is 0.00000117. The molecule has 0 unspecified atom stereocenters. The maximum atomic E-state index is 12.0. The molecule has 0 atom stereocenters. The largest absolute Gasteiger partial charge is 0.472 e. The summed E-state index contributed by atoms with van der Waals surface area (Å²) in [4.78, 5) is 12.0. The Morgan fingerprint density at radius 2 is 1.38 bits per heavy atom. The number of carboxylic acids is 1. The number of rotatable bonds is 3. The smallest absolute Gasteiger partial charge is 0.420 e. The summed E-state index contributed by atoms with van der Waals surface area (Å²) in [7, 11) is 0. The molecule has 0 spiro atoms. The minimum Gasteiger partial charge on any atom is -0.472 e. The molecule has 1 aromatic heterocycles. The van der Waals surface area contributed by atoms with Crippen LogP contribution in [0, 0.1) is 13.8 Å². The highest BCUT2D eigenvalue weighted by Gasteiger charge is 2.33. The fraction of sp³-hybridized carbons (Fsp3) is 0.200. The van der Waals surface area contributed by atoms with E-state index in [0.717, 1.165) is 31.7 Å².